The third-order valence-corrected chi connectivity index (χ3v) is 21.9. The Bertz CT molecular complexity index is 1770. The number of cyclic esters (lactones) is 3. The van der Waals surface area contributed by atoms with Crippen LogP contribution in [0, 0.1) is 127 Å². The number of hydrogen-bond donors (Lipinski definition) is 2. The zero-order valence-electron chi connectivity index (χ0n) is 36.2. The van der Waals surface area contributed by atoms with Gasteiger partial charge in [-0.2, -0.15) is 0 Å². The molecule has 2 heterocycles. The lowest BCUT2D eigenvalue weighted by Gasteiger charge is -2.80. The molecule has 0 amide bonds. The van der Waals surface area contributed by atoms with Crippen molar-refractivity contribution in [3.05, 3.63) is 12.3 Å². The molecule has 20 atom stereocenters. The molecule has 2 saturated heterocycles. The standard InChI is InChI=1S/C49H68O9/c1-22(2)31-25-20-29-44(6)14-10-16-46(8,42(53)54)27(44)12-18-48(29,35-24(5)57-39(50)33(25)35)36(31)37-32(23(3)4)26-21-30-45(7)15-11-17-47(9,43(55)56)28(45)13-19-49(30,37)38-34(26)40(51)58-41(38)52/h22-23,25-38H,5,10-21H2,1-4,6-9H3,(H,53,54)(H,55,56). The van der Waals surface area contributed by atoms with Gasteiger partial charge in [-0.1, -0.05) is 61.0 Å². The summed E-state index contributed by atoms with van der Waals surface area (Å²) in [5.41, 5.74) is -3.33. The molecule has 0 aromatic carbocycles. The second kappa shape index (κ2) is 12.0. The van der Waals surface area contributed by atoms with Crippen LogP contribution in [0.25, 0.3) is 0 Å². The van der Waals surface area contributed by atoms with E-state index in [0.29, 0.717) is 31.4 Å². The number of allylic oxidation sites excluding steroid dienone is 1. The number of carboxylic acid groups (broad SMARTS) is 2. The summed E-state index contributed by atoms with van der Waals surface area (Å²) in [5.74, 6) is -2.35. The van der Waals surface area contributed by atoms with Crippen molar-refractivity contribution in [1.29, 1.82) is 0 Å². The zero-order valence-corrected chi connectivity index (χ0v) is 36.2. The maximum absolute atomic E-state index is 14.7. The smallest absolute Gasteiger partial charge is 0.318 e. The minimum atomic E-state index is -0.866. The molecule has 10 aliphatic carbocycles. The first-order chi connectivity index (χ1) is 27.2. The fraction of sp³-hybridized carbons (Fsp3) is 0.857. The Morgan fingerprint density at radius 3 is 1.45 bits per heavy atom. The summed E-state index contributed by atoms with van der Waals surface area (Å²) < 4.78 is 12.0. The molecule has 10 saturated carbocycles. The molecule has 2 N–H and O–H groups in total. The molecule has 0 aromatic rings. The molecule has 0 aromatic heterocycles. The second-order valence-corrected chi connectivity index (χ2v) is 23.8. The average molecular weight is 801 g/mol. The van der Waals surface area contributed by atoms with E-state index in [-0.39, 0.29) is 112 Å². The highest BCUT2D eigenvalue weighted by Gasteiger charge is 2.84. The van der Waals surface area contributed by atoms with E-state index in [0.717, 1.165) is 51.4 Å². The highest BCUT2D eigenvalue weighted by Crippen LogP contribution is 2.85. The summed E-state index contributed by atoms with van der Waals surface area (Å²) in [5, 5.41) is 21.8. The van der Waals surface area contributed by atoms with Gasteiger partial charge < -0.3 is 19.7 Å². The number of ether oxygens (including phenoxy) is 2. The van der Waals surface area contributed by atoms with Gasteiger partial charge in [0.1, 0.15) is 5.76 Å². The first kappa shape index (κ1) is 39.4. The Balaban J connectivity index is 1.24. The van der Waals surface area contributed by atoms with E-state index in [2.05, 4.69) is 48.1 Å². The Kier molecular flexibility index (Phi) is 8.17. The van der Waals surface area contributed by atoms with Gasteiger partial charge in [-0.05, 0) is 171 Å². The van der Waals surface area contributed by atoms with Gasteiger partial charge in [0.2, 0.25) is 0 Å². The van der Waals surface area contributed by atoms with Crippen molar-refractivity contribution in [2.75, 3.05) is 0 Å². The molecule has 318 valence electrons. The lowest BCUT2D eigenvalue weighted by atomic mass is 9.23. The third-order valence-electron chi connectivity index (χ3n) is 21.9. The van der Waals surface area contributed by atoms with E-state index >= 15 is 0 Å². The second-order valence-electron chi connectivity index (χ2n) is 23.8. The minimum absolute atomic E-state index is 0.00387. The predicted molar refractivity (Wildman–Crippen MR) is 213 cm³/mol. The summed E-state index contributed by atoms with van der Waals surface area (Å²) in [6.07, 6.45) is 9.46. The molecule has 12 aliphatic rings. The summed E-state index contributed by atoms with van der Waals surface area (Å²) in [4.78, 5) is 69.6. The van der Waals surface area contributed by atoms with Gasteiger partial charge >= 0.3 is 29.8 Å². The number of esters is 3. The lowest BCUT2D eigenvalue weighted by molar-refractivity contribution is -0.327. The van der Waals surface area contributed by atoms with Gasteiger partial charge in [-0.25, -0.2) is 0 Å². The maximum atomic E-state index is 14.7. The van der Waals surface area contributed by atoms with Crippen molar-refractivity contribution < 1.29 is 43.7 Å². The van der Waals surface area contributed by atoms with Crippen molar-refractivity contribution in [3.8, 4) is 0 Å². The van der Waals surface area contributed by atoms with Crippen molar-refractivity contribution >= 4 is 29.8 Å². The molecule has 12 fully saturated rings. The monoisotopic (exact) mass is 800 g/mol. The summed E-state index contributed by atoms with van der Waals surface area (Å²) in [6, 6.07) is 0. The van der Waals surface area contributed by atoms with Crippen molar-refractivity contribution in [2.45, 2.75) is 132 Å². The van der Waals surface area contributed by atoms with E-state index in [1.165, 1.54) is 0 Å². The van der Waals surface area contributed by atoms with Crippen molar-refractivity contribution in [2.24, 2.45) is 127 Å². The first-order valence-corrected chi connectivity index (χ1v) is 23.3. The van der Waals surface area contributed by atoms with Crippen LogP contribution in [-0.2, 0) is 33.4 Å². The lowest BCUT2D eigenvalue weighted by Crippen LogP contribution is -2.77. The van der Waals surface area contributed by atoms with Crippen LogP contribution in [0.15, 0.2) is 12.3 Å². The maximum Gasteiger partial charge on any atom is 0.318 e. The number of carbonyl (C=O) groups excluding carboxylic acids is 3. The van der Waals surface area contributed by atoms with E-state index in [1.54, 1.807) is 0 Å². The molecular formula is C49H68O9. The first-order valence-electron chi connectivity index (χ1n) is 23.3. The molecule has 9 heteroatoms. The quantitative estimate of drug-likeness (QED) is 0.206. The van der Waals surface area contributed by atoms with E-state index in [1.807, 2.05) is 13.8 Å². The fourth-order valence-electron chi connectivity index (χ4n) is 20.8. The van der Waals surface area contributed by atoms with Crippen LogP contribution in [0.2, 0.25) is 0 Å². The summed E-state index contributed by atoms with van der Waals surface area (Å²) in [7, 11) is 0. The molecule has 12 rings (SSSR count). The van der Waals surface area contributed by atoms with Crippen LogP contribution in [-0.4, -0.2) is 40.1 Å². The number of aliphatic carboxylic acids is 2. The van der Waals surface area contributed by atoms with Gasteiger partial charge in [0.15, 0.2) is 0 Å². The minimum Gasteiger partial charge on any atom is -0.481 e. The van der Waals surface area contributed by atoms with Crippen LogP contribution in [0.5, 0.6) is 0 Å². The SMILES string of the molecule is C=C1OC(=O)C2C3CC4C5(C)CCCC(C)(C(=O)O)C5CCC4(C12)C(C1C(C(C)C)C2CC4C5(C)CCCC(C)(C(=O)O)C5CCC14C1C(=O)OC(=O)C21)C3C(C)C. The Morgan fingerprint density at radius 2 is 1.02 bits per heavy atom. The van der Waals surface area contributed by atoms with Gasteiger partial charge in [-0.3, -0.25) is 24.0 Å². The van der Waals surface area contributed by atoms with E-state index in [4.69, 9.17) is 9.47 Å². The number of carbonyl (C=O) groups is 5. The third kappa shape index (κ3) is 4.24. The number of hydrogen-bond acceptors (Lipinski definition) is 7. The van der Waals surface area contributed by atoms with Crippen LogP contribution in [0.3, 0.4) is 0 Å². The highest BCUT2D eigenvalue weighted by atomic mass is 16.6. The Hall–Kier alpha value is -2.71. The fourth-order valence-corrected chi connectivity index (χ4v) is 20.8. The van der Waals surface area contributed by atoms with Crippen LogP contribution < -0.4 is 0 Å². The van der Waals surface area contributed by atoms with Crippen molar-refractivity contribution in [3.63, 3.8) is 0 Å². The van der Waals surface area contributed by atoms with Gasteiger partial charge in [-0.15, -0.1) is 0 Å². The van der Waals surface area contributed by atoms with Gasteiger partial charge in [0.25, 0.3) is 0 Å². The summed E-state index contributed by atoms with van der Waals surface area (Å²) in [6.45, 7) is 22.6. The number of rotatable bonds is 5. The van der Waals surface area contributed by atoms with Gasteiger partial charge in [0, 0.05) is 5.92 Å². The van der Waals surface area contributed by atoms with Crippen LogP contribution >= 0.6 is 0 Å². The zero-order chi connectivity index (χ0) is 41.6. The largest absolute Gasteiger partial charge is 0.481 e. The van der Waals surface area contributed by atoms with Crippen molar-refractivity contribution in [1.82, 2.24) is 0 Å². The summed E-state index contributed by atoms with van der Waals surface area (Å²) >= 11 is 0. The molecule has 58 heavy (non-hydrogen) atoms. The topological polar surface area (TPSA) is 144 Å². The predicted octanol–water partition coefficient (Wildman–Crippen LogP) is 9.04. The molecule has 2 spiro atoms. The number of carboxylic acids is 2. The molecule has 0 radical (unpaired) electrons. The molecule has 9 nitrogen and oxygen atoms in total. The van der Waals surface area contributed by atoms with E-state index < -0.39 is 45.4 Å². The van der Waals surface area contributed by atoms with Crippen LogP contribution in [0.4, 0.5) is 0 Å². The molecule has 2 aliphatic heterocycles. The normalized spacial score (nSPS) is 56.2. The molecule has 4 bridgehead atoms. The molecule has 20 unspecified atom stereocenters. The highest BCUT2D eigenvalue weighted by molar-refractivity contribution is 5.98. The number of fused-ring (bicyclic) bond motifs is 5. The van der Waals surface area contributed by atoms with E-state index in [9.17, 15) is 34.2 Å². The Labute approximate surface area is 344 Å². The van der Waals surface area contributed by atoms with Gasteiger partial charge in [0.05, 0.1) is 28.6 Å². The Morgan fingerprint density at radius 1 is 0.603 bits per heavy atom. The molecular weight excluding hydrogens is 733 g/mol. The average Bonchev–Trinajstić information content (AvgIpc) is 3.64. The van der Waals surface area contributed by atoms with Crippen LogP contribution in [0.1, 0.15) is 132 Å².